The Morgan fingerprint density at radius 1 is 0.970 bits per heavy atom. The Balaban J connectivity index is 1.41. The van der Waals surface area contributed by atoms with E-state index in [0.29, 0.717) is 44.7 Å². The first kappa shape index (κ1) is 22.4. The van der Waals surface area contributed by atoms with Crippen LogP contribution in [0.4, 0.5) is 33.5 Å². The molecule has 0 radical (unpaired) electrons. The predicted molar refractivity (Wildman–Crippen MR) is 125 cm³/mol. The maximum Gasteiger partial charge on any atom is 0.233 e. The number of hydrogen-bond donors (Lipinski definition) is 4. The summed E-state index contributed by atoms with van der Waals surface area (Å²) in [7, 11) is 0. The van der Waals surface area contributed by atoms with Crippen molar-refractivity contribution in [2.24, 2.45) is 0 Å². The Bertz CT molecular complexity index is 1310. The second kappa shape index (κ2) is 9.80. The molecule has 0 aliphatic carbocycles. The van der Waals surface area contributed by atoms with Crippen LogP contribution in [0.3, 0.4) is 0 Å². The minimum atomic E-state index is -0.429. The lowest BCUT2D eigenvalue weighted by Crippen LogP contribution is -2.14. The standard InChI is InChI=1S/C21H17Cl2FN8O/c1-11-25-20(28-14-5-6-16(22)17(23)8-14)30-21(26-11)29-18-9-15(31-32-18)10-19(33)27-13-4-2-3-12(24)7-13/h2-9H,10H2,1H3,(H,27,33)(H3,25,26,28,29,30,31,32). The fourth-order valence-corrected chi connectivity index (χ4v) is 3.17. The number of H-pyrrole nitrogens is 1. The third-order valence-corrected chi connectivity index (χ3v) is 4.99. The smallest absolute Gasteiger partial charge is 0.233 e. The molecule has 4 rings (SSSR count). The highest BCUT2D eigenvalue weighted by Gasteiger charge is 2.11. The van der Waals surface area contributed by atoms with Crippen LogP contribution in [0.15, 0.2) is 48.5 Å². The van der Waals surface area contributed by atoms with E-state index in [1.54, 1.807) is 37.3 Å². The van der Waals surface area contributed by atoms with E-state index in [4.69, 9.17) is 23.2 Å². The van der Waals surface area contributed by atoms with Crippen molar-refractivity contribution in [1.29, 1.82) is 0 Å². The fraction of sp³-hybridized carbons (Fsp3) is 0.0952. The van der Waals surface area contributed by atoms with E-state index in [-0.39, 0.29) is 18.3 Å². The van der Waals surface area contributed by atoms with Crippen LogP contribution >= 0.6 is 23.2 Å². The predicted octanol–water partition coefficient (Wildman–Crippen LogP) is 5.02. The summed E-state index contributed by atoms with van der Waals surface area (Å²) in [5, 5.41) is 16.4. The maximum absolute atomic E-state index is 13.3. The molecule has 2 heterocycles. The molecule has 1 amide bonds. The number of anilines is 5. The Hall–Kier alpha value is -3.76. The Morgan fingerprint density at radius 3 is 2.52 bits per heavy atom. The van der Waals surface area contributed by atoms with Crippen LogP contribution in [-0.2, 0) is 11.2 Å². The average molecular weight is 487 g/mol. The van der Waals surface area contributed by atoms with Gasteiger partial charge in [0.2, 0.25) is 17.8 Å². The van der Waals surface area contributed by atoms with Crippen LogP contribution in [0.25, 0.3) is 0 Å². The molecule has 0 fully saturated rings. The molecule has 168 valence electrons. The van der Waals surface area contributed by atoms with Gasteiger partial charge < -0.3 is 16.0 Å². The molecular weight excluding hydrogens is 470 g/mol. The van der Waals surface area contributed by atoms with Crippen LogP contribution < -0.4 is 16.0 Å². The maximum atomic E-state index is 13.3. The van der Waals surface area contributed by atoms with Gasteiger partial charge in [-0.25, -0.2) is 4.39 Å². The second-order valence-corrected chi connectivity index (χ2v) is 7.74. The molecule has 0 spiro atoms. The van der Waals surface area contributed by atoms with E-state index in [2.05, 4.69) is 41.1 Å². The zero-order valence-corrected chi connectivity index (χ0v) is 18.7. The van der Waals surface area contributed by atoms with Gasteiger partial charge in [-0.05, 0) is 43.3 Å². The summed E-state index contributed by atoms with van der Waals surface area (Å²) < 4.78 is 13.3. The van der Waals surface area contributed by atoms with Crippen LogP contribution in [0, 0.1) is 12.7 Å². The minimum absolute atomic E-state index is 0.0194. The highest BCUT2D eigenvalue weighted by atomic mass is 35.5. The SMILES string of the molecule is Cc1nc(Nc2ccc(Cl)c(Cl)c2)nc(Nc2cc(CC(=O)Nc3cccc(F)c3)[nH]n2)n1. The first-order valence-electron chi connectivity index (χ1n) is 9.65. The Morgan fingerprint density at radius 2 is 1.76 bits per heavy atom. The molecule has 12 heteroatoms. The summed E-state index contributed by atoms with van der Waals surface area (Å²) in [5.74, 6) is 0.692. The fourth-order valence-electron chi connectivity index (χ4n) is 2.87. The molecule has 4 N–H and O–H groups in total. The number of benzene rings is 2. The lowest BCUT2D eigenvalue weighted by molar-refractivity contribution is -0.115. The van der Waals surface area contributed by atoms with Crippen LogP contribution in [0.1, 0.15) is 11.5 Å². The van der Waals surface area contributed by atoms with Gasteiger partial charge in [0.05, 0.1) is 16.5 Å². The van der Waals surface area contributed by atoms with E-state index < -0.39 is 5.82 Å². The number of hydrogen-bond acceptors (Lipinski definition) is 7. The molecular formula is C21H17Cl2FN8O. The average Bonchev–Trinajstić information content (AvgIpc) is 3.16. The first-order valence-corrected chi connectivity index (χ1v) is 10.4. The summed E-state index contributed by atoms with van der Waals surface area (Å²) in [5.41, 5.74) is 1.58. The molecule has 0 saturated heterocycles. The molecule has 0 atom stereocenters. The highest BCUT2D eigenvalue weighted by molar-refractivity contribution is 6.42. The summed E-state index contributed by atoms with van der Waals surface area (Å²) in [6, 6.07) is 12.4. The normalized spacial score (nSPS) is 10.7. The molecule has 0 aliphatic heterocycles. The van der Waals surface area contributed by atoms with Crippen molar-refractivity contribution < 1.29 is 9.18 Å². The van der Waals surface area contributed by atoms with Gasteiger partial charge in [-0.1, -0.05) is 29.3 Å². The number of halogens is 3. The summed E-state index contributed by atoms with van der Waals surface area (Å²) in [6.07, 6.45) is 0.0194. The first-order chi connectivity index (χ1) is 15.8. The third kappa shape index (κ3) is 6.15. The zero-order valence-electron chi connectivity index (χ0n) is 17.2. The van der Waals surface area contributed by atoms with Gasteiger partial charge in [0.15, 0.2) is 5.82 Å². The third-order valence-electron chi connectivity index (χ3n) is 4.25. The summed E-state index contributed by atoms with van der Waals surface area (Å²) >= 11 is 12.0. The molecule has 0 saturated carbocycles. The number of aromatic nitrogens is 5. The van der Waals surface area contributed by atoms with Crippen LogP contribution in [0.5, 0.6) is 0 Å². The van der Waals surface area contributed by atoms with E-state index in [1.807, 2.05) is 0 Å². The number of rotatable bonds is 7. The van der Waals surface area contributed by atoms with Crippen molar-refractivity contribution in [1.82, 2.24) is 25.1 Å². The van der Waals surface area contributed by atoms with Crippen molar-refractivity contribution in [3.63, 3.8) is 0 Å². The van der Waals surface area contributed by atoms with E-state index in [0.717, 1.165) is 0 Å². The molecule has 0 unspecified atom stereocenters. The van der Waals surface area contributed by atoms with Crippen LogP contribution in [0.2, 0.25) is 10.0 Å². The highest BCUT2D eigenvalue weighted by Crippen LogP contribution is 2.26. The van der Waals surface area contributed by atoms with E-state index in [9.17, 15) is 9.18 Å². The molecule has 4 aromatic rings. The molecule has 0 aliphatic rings. The second-order valence-electron chi connectivity index (χ2n) is 6.92. The summed E-state index contributed by atoms with van der Waals surface area (Å²) in [4.78, 5) is 25.0. The number of aryl methyl sites for hydroxylation is 1. The van der Waals surface area contributed by atoms with Crippen molar-refractivity contribution in [3.8, 4) is 0 Å². The van der Waals surface area contributed by atoms with Gasteiger partial charge in [-0.3, -0.25) is 9.89 Å². The zero-order chi connectivity index (χ0) is 23.4. The minimum Gasteiger partial charge on any atom is -0.326 e. The van der Waals surface area contributed by atoms with E-state index >= 15 is 0 Å². The number of nitrogens with one attached hydrogen (secondary N) is 4. The largest absolute Gasteiger partial charge is 0.326 e. The van der Waals surface area contributed by atoms with Gasteiger partial charge in [0.1, 0.15) is 11.6 Å². The number of nitrogens with zero attached hydrogens (tertiary/aromatic N) is 4. The van der Waals surface area contributed by atoms with Gasteiger partial charge in [-0.2, -0.15) is 20.1 Å². The lowest BCUT2D eigenvalue weighted by atomic mass is 10.2. The van der Waals surface area contributed by atoms with Crippen molar-refractivity contribution in [2.45, 2.75) is 13.3 Å². The number of carbonyl (C=O) groups excluding carboxylic acids is 1. The number of aromatic amines is 1. The number of carbonyl (C=O) groups is 1. The van der Waals surface area contributed by atoms with Crippen molar-refractivity contribution in [2.75, 3.05) is 16.0 Å². The molecule has 0 bridgehead atoms. The van der Waals surface area contributed by atoms with Gasteiger partial charge in [0.25, 0.3) is 0 Å². The monoisotopic (exact) mass is 486 g/mol. The Kier molecular flexibility index (Phi) is 6.66. The van der Waals surface area contributed by atoms with Crippen LogP contribution in [-0.4, -0.2) is 31.1 Å². The number of amides is 1. The topological polar surface area (TPSA) is 121 Å². The van der Waals surface area contributed by atoms with E-state index in [1.165, 1.54) is 18.2 Å². The lowest BCUT2D eigenvalue weighted by Gasteiger charge is -2.08. The molecule has 2 aromatic heterocycles. The molecule has 2 aromatic carbocycles. The Labute approximate surface area is 197 Å². The molecule has 9 nitrogen and oxygen atoms in total. The quantitative estimate of drug-likeness (QED) is 0.289. The summed E-state index contributed by atoms with van der Waals surface area (Å²) in [6.45, 7) is 1.72. The van der Waals surface area contributed by atoms with Gasteiger partial charge in [0, 0.05) is 23.1 Å². The van der Waals surface area contributed by atoms with Gasteiger partial charge >= 0.3 is 0 Å². The van der Waals surface area contributed by atoms with Gasteiger partial charge in [-0.15, -0.1) is 0 Å². The molecule has 33 heavy (non-hydrogen) atoms. The van der Waals surface area contributed by atoms with Crippen molar-refractivity contribution >= 4 is 58.2 Å². The van der Waals surface area contributed by atoms with Crippen molar-refractivity contribution in [3.05, 3.63) is 75.9 Å².